The van der Waals surface area contributed by atoms with Gasteiger partial charge in [-0.3, -0.25) is 0 Å². The van der Waals surface area contributed by atoms with Crippen LogP contribution >= 0.6 is 11.3 Å². The van der Waals surface area contributed by atoms with E-state index < -0.39 is 5.72 Å². The van der Waals surface area contributed by atoms with Gasteiger partial charge in [0.05, 0.1) is 12.2 Å². The maximum atomic E-state index is 6.01. The predicted molar refractivity (Wildman–Crippen MR) is 113 cm³/mol. The van der Waals surface area contributed by atoms with Crippen LogP contribution in [0.4, 0.5) is 0 Å². The molecule has 1 fully saturated rings. The van der Waals surface area contributed by atoms with Crippen LogP contribution in [0.5, 0.6) is 0 Å². The minimum atomic E-state index is -0.462. The Hall–Kier alpha value is -2.42. The lowest BCUT2D eigenvalue weighted by molar-refractivity contribution is -0.0875. The molecule has 0 amide bonds. The number of aliphatic imine (C=N–C) groups is 1. The standard InChI is InChI=1S/C21H25N5O2S/c1-15-22-17(13-27-15)12-26(11-16-14-29-19-6-4-3-5-18(16)19)20-23-21(28-24-20)7-9-25(2)10-8-21/h3-6,13-14H,7-12H2,1-2H3,(H,23,24). The number of aryl methyl sites for hydroxylation is 1. The first-order chi connectivity index (χ1) is 14.1. The first-order valence-electron chi connectivity index (χ1n) is 9.94. The number of hydrogen-bond acceptors (Lipinski definition) is 8. The van der Waals surface area contributed by atoms with Crippen LogP contribution in [0.15, 0.2) is 45.3 Å². The topological polar surface area (TPSA) is 66.1 Å². The number of oxazole rings is 1. The number of hydroxylamine groups is 1. The van der Waals surface area contributed by atoms with Crippen molar-refractivity contribution in [1.82, 2.24) is 20.3 Å². The maximum absolute atomic E-state index is 6.01. The fraction of sp³-hybridized carbons (Fsp3) is 0.429. The van der Waals surface area contributed by atoms with Crippen LogP contribution in [-0.2, 0) is 17.9 Å². The van der Waals surface area contributed by atoms with Crippen LogP contribution in [0.1, 0.15) is 30.0 Å². The number of rotatable bonds is 4. The molecule has 0 radical (unpaired) electrons. The summed E-state index contributed by atoms with van der Waals surface area (Å²) in [5.74, 6) is 1.44. The number of hydrogen-bond donors (Lipinski definition) is 1. The average Bonchev–Trinajstić information content (AvgIpc) is 3.44. The molecule has 0 unspecified atom stereocenters. The first kappa shape index (κ1) is 18.6. The van der Waals surface area contributed by atoms with E-state index in [9.17, 15) is 0 Å². The van der Waals surface area contributed by atoms with Gasteiger partial charge in [0, 0.05) is 44.1 Å². The van der Waals surface area contributed by atoms with Gasteiger partial charge in [-0.1, -0.05) is 18.2 Å². The summed E-state index contributed by atoms with van der Waals surface area (Å²) >= 11 is 1.77. The normalized spacial score (nSPS) is 18.9. The third-order valence-corrected chi connectivity index (χ3v) is 6.66. The molecule has 2 aliphatic heterocycles. The van der Waals surface area contributed by atoms with Crippen LogP contribution in [0.25, 0.3) is 10.1 Å². The molecule has 1 saturated heterocycles. The van der Waals surface area contributed by atoms with E-state index in [1.807, 2.05) is 6.92 Å². The molecule has 0 aliphatic carbocycles. The molecule has 0 bridgehead atoms. The van der Waals surface area contributed by atoms with E-state index in [4.69, 9.17) is 14.2 Å². The monoisotopic (exact) mass is 411 g/mol. The summed E-state index contributed by atoms with van der Waals surface area (Å²) in [7, 11) is 2.14. The number of nitrogens with zero attached hydrogens (tertiary/aromatic N) is 4. The summed E-state index contributed by atoms with van der Waals surface area (Å²) in [5, 5.41) is 3.51. The minimum Gasteiger partial charge on any atom is -0.449 e. The van der Waals surface area contributed by atoms with Crippen molar-refractivity contribution in [3.63, 3.8) is 0 Å². The zero-order chi connectivity index (χ0) is 19.8. The van der Waals surface area contributed by atoms with Gasteiger partial charge in [-0.25, -0.2) is 20.3 Å². The molecule has 1 aromatic carbocycles. The Morgan fingerprint density at radius 3 is 2.86 bits per heavy atom. The Bertz CT molecular complexity index is 1030. The molecule has 29 heavy (non-hydrogen) atoms. The lowest BCUT2D eigenvalue weighted by Crippen LogP contribution is -2.43. The Kier molecular flexibility index (Phi) is 4.77. The van der Waals surface area contributed by atoms with Crippen molar-refractivity contribution in [1.29, 1.82) is 0 Å². The van der Waals surface area contributed by atoms with Gasteiger partial charge >= 0.3 is 0 Å². The Balaban J connectivity index is 1.44. The van der Waals surface area contributed by atoms with Crippen molar-refractivity contribution in [2.45, 2.75) is 38.6 Å². The summed E-state index contributed by atoms with van der Waals surface area (Å²) in [6, 6.07) is 8.51. The van der Waals surface area contributed by atoms with Crippen LogP contribution in [-0.4, -0.2) is 46.6 Å². The highest BCUT2D eigenvalue weighted by molar-refractivity contribution is 7.17. The van der Waals surface area contributed by atoms with E-state index in [0.717, 1.165) is 44.1 Å². The van der Waals surface area contributed by atoms with Gasteiger partial charge in [-0.2, -0.15) is 0 Å². The Labute approximate surface area is 173 Å². The van der Waals surface area contributed by atoms with Gasteiger partial charge in [0.15, 0.2) is 11.6 Å². The molecule has 8 heteroatoms. The van der Waals surface area contributed by atoms with Crippen LogP contribution in [0.3, 0.4) is 0 Å². The van der Waals surface area contributed by atoms with E-state index in [0.29, 0.717) is 12.4 Å². The molecular weight excluding hydrogens is 386 g/mol. The van der Waals surface area contributed by atoms with Crippen molar-refractivity contribution >= 4 is 27.4 Å². The highest BCUT2D eigenvalue weighted by atomic mass is 32.1. The second kappa shape index (κ2) is 7.44. The summed E-state index contributed by atoms with van der Waals surface area (Å²) < 4.78 is 6.72. The maximum Gasteiger partial charge on any atom is 0.222 e. The largest absolute Gasteiger partial charge is 0.449 e. The molecule has 5 rings (SSSR count). The number of piperidine rings is 1. The van der Waals surface area contributed by atoms with E-state index in [-0.39, 0.29) is 0 Å². The van der Waals surface area contributed by atoms with E-state index in [2.05, 4.69) is 57.0 Å². The lowest BCUT2D eigenvalue weighted by Gasteiger charge is -2.33. The second-order valence-corrected chi connectivity index (χ2v) is 8.77. The van der Waals surface area contributed by atoms with Crippen LogP contribution in [0.2, 0.25) is 0 Å². The van der Waals surface area contributed by atoms with Crippen LogP contribution in [0, 0.1) is 6.92 Å². The summed E-state index contributed by atoms with van der Waals surface area (Å²) in [6.45, 7) is 5.15. The number of guanidine groups is 1. The average molecular weight is 412 g/mol. The second-order valence-electron chi connectivity index (χ2n) is 7.86. The van der Waals surface area contributed by atoms with Crippen molar-refractivity contribution in [3.05, 3.63) is 53.1 Å². The first-order valence-corrected chi connectivity index (χ1v) is 10.8. The molecule has 1 spiro atoms. The third kappa shape index (κ3) is 3.75. The molecule has 7 nitrogen and oxygen atoms in total. The van der Waals surface area contributed by atoms with E-state index in [1.165, 1.54) is 15.6 Å². The molecule has 1 N–H and O–H groups in total. The Morgan fingerprint density at radius 1 is 1.24 bits per heavy atom. The van der Waals surface area contributed by atoms with Crippen molar-refractivity contribution in [2.75, 3.05) is 20.1 Å². The number of likely N-dealkylation sites (tertiary alicyclic amines) is 1. The zero-order valence-corrected chi connectivity index (χ0v) is 17.5. The van der Waals surface area contributed by atoms with Crippen molar-refractivity contribution in [3.8, 4) is 0 Å². The molecule has 2 aromatic heterocycles. The summed E-state index contributed by atoms with van der Waals surface area (Å²) in [4.78, 5) is 20.0. The number of aromatic nitrogens is 1. The van der Waals surface area contributed by atoms with Gasteiger partial charge in [-0.15, -0.1) is 11.3 Å². The van der Waals surface area contributed by atoms with Gasteiger partial charge in [0.2, 0.25) is 5.96 Å². The lowest BCUT2D eigenvalue weighted by atomic mass is 10.0. The highest BCUT2D eigenvalue weighted by Gasteiger charge is 2.40. The molecular formula is C21H25N5O2S. The molecule has 2 aliphatic rings. The fourth-order valence-corrected chi connectivity index (χ4v) is 4.89. The number of benzene rings is 1. The molecule has 4 heterocycles. The predicted octanol–water partition coefficient (Wildman–Crippen LogP) is 3.51. The quantitative estimate of drug-likeness (QED) is 0.709. The van der Waals surface area contributed by atoms with Gasteiger partial charge in [-0.05, 0) is 29.4 Å². The van der Waals surface area contributed by atoms with Crippen molar-refractivity contribution < 1.29 is 9.25 Å². The highest BCUT2D eigenvalue weighted by Crippen LogP contribution is 2.32. The van der Waals surface area contributed by atoms with Crippen LogP contribution < -0.4 is 5.48 Å². The van der Waals surface area contributed by atoms with Gasteiger partial charge < -0.3 is 14.2 Å². The summed E-state index contributed by atoms with van der Waals surface area (Å²) in [5.41, 5.74) is 4.82. The third-order valence-electron chi connectivity index (χ3n) is 5.65. The smallest absolute Gasteiger partial charge is 0.222 e. The Morgan fingerprint density at radius 2 is 2.07 bits per heavy atom. The van der Waals surface area contributed by atoms with Gasteiger partial charge in [0.25, 0.3) is 0 Å². The van der Waals surface area contributed by atoms with Gasteiger partial charge in [0.1, 0.15) is 6.26 Å². The molecule has 3 aromatic rings. The SMILES string of the molecule is Cc1nc(CN(Cc2csc3ccccc23)C2=NC3(CCN(C)CC3)ON2)co1. The number of nitrogens with one attached hydrogen (secondary N) is 1. The number of fused-ring (bicyclic) bond motifs is 1. The van der Waals surface area contributed by atoms with E-state index in [1.54, 1.807) is 17.6 Å². The molecule has 0 atom stereocenters. The fourth-order valence-electron chi connectivity index (χ4n) is 3.94. The molecule has 0 saturated carbocycles. The molecule has 152 valence electrons. The number of thiophene rings is 1. The van der Waals surface area contributed by atoms with E-state index >= 15 is 0 Å². The van der Waals surface area contributed by atoms with Crippen molar-refractivity contribution in [2.24, 2.45) is 4.99 Å². The minimum absolute atomic E-state index is 0.462. The summed E-state index contributed by atoms with van der Waals surface area (Å²) in [6.07, 6.45) is 3.49. The zero-order valence-electron chi connectivity index (χ0n) is 16.7.